The van der Waals surface area contributed by atoms with E-state index in [1.165, 1.54) is 14.2 Å². The lowest BCUT2D eigenvalue weighted by atomic mass is 10.2. The van der Waals surface area contributed by atoms with Crippen molar-refractivity contribution in [3.8, 4) is 5.69 Å². The van der Waals surface area contributed by atoms with Crippen LogP contribution in [0.25, 0.3) is 5.69 Å². The van der Waals surface area contributed by atoms with Crippen molar-refractivity contribution in [1.29, 1.82) is 0 Å². The molecular weight excluding hydrogens is 368 g/mol. The maximum Gasteiger partial charge on any atom is 0.337 e. The molecule has 0 radical (unpaired) electrons. The number of aliphatic imine (C=N–C) groups is 1. The van der Waals surface area contributed by atoms with E-state index in [1.54, 1.807) is 42.6 Å². The highest BCUT2D eigenvalue weighted by atomic mass is 16.5. The molecule has 0 amide bonds. The highest BCUT2D eigenvalue weighted by Crippen LogP contribution is 2.21. The number of esters is 2. The molecule has 0 saturated carbocycles. The molecule has 0 atom stereocenters. The van der Waals surface area contributed by atoms with Gasteiger partial charge in [-0.05, 0) is 68.4 Å². The van der Waals surface area contributed by atoms with Gasteiger partial charge in [0.2, 0.25) is 0 Å². The van der Waals surface area contributed by atoms with E-state index in [-0.39, 0.29) is 11.9 Å². The van der Waals surface area contributed by atoms with E-state index in [9.17, 15) is 9.59 Å². The number of benzene rings is 2. The number of ether oxygens (including phenoxy) is 2. The van der Waals surface area contributed by atoms with E-state index in [2.05, 4.69) is 15.6 Å². The van der Waals surface area contributed by atoms with Gasteiger partial charge in [-0.3, -0.25) is 4.99 Å². The second-order valence-electron chi connectivity index (χ2n) is 6.50. The molecule has 0 aliphatic carbocycles. The fourth-order valence-corrected chi connectivity index (χ4v) is 3.13. The maximum absolute atomic E-state index is 11.6. The van der Waals surface area contributed by atoms with Crippen molar-refractivity contribution in [3.05, 3.63) is 82.7 Å². The normalized spacial score (nSPS) is 10.9. The molecule has 0 bridgehead atoms. The number of aryl methyl sites for hydroxylation is 1. The lowest BCUT2D eigenvalue weighted by Gasteiger charge is -2.10. The van der Waals surface area contributed by atoms with Crippen molar-refractivity contribution in [2.75, 3.05) is 14.2 Å². The molecule has 1 heterocycles. The van der Waals surface area contributed by atoms with Crippen molar-refractivity contribution >= 4 is 23.8 Å². The van der Waals surface area contributed by atoms with Crippen LogP contribution >= 0.6 is 0 Å². The number of aromatic nitrogens is 1. The molecule has 0 fully saturated rings. The smallest absolute Gasteiger partial charge is 0.337 e. The van der Waals surface area contributed by atoms with Gasteiger partial charge in [0.05, 0.1) is 31.0 Å². The van der Waals surface area contributed by atoms with E-state index < -0.39 is 0 Å². The Labute approximate surface area is 169 Å². The van der Waals surface area contributed by atoms with Gasteiger partial charge in [0.1, 0.15) is 0 Å². The third kappa shape index (κ3) is 4.27. The molecule has 0 spiro atoms. The predicted molar refractivity (Wildman–Crippen MR) is 112 cm³/mol. The van der Waals surface area contributed by atoms with Crippen molar-refractivity contribution in [3.63, 3.8) is 0 Å². The van der Waals surface area contributed by atoms with E-state index in [4.69, 9.17) is 9.47 Å². The Morgan fingerprint density at radius 1 is 0.862 bits per heavy atom. The zero-order chi connectivity index (χ0) is 21.0. The van der Waals surface area contributed by atoms with Crippen molar-refractivity contribution < 1.29 is 19.1 Å². The number of hydrogen-bond acceptors (Lipinski definition) is 5. The summed E-state index contributed by atoms with van der Waals surface area (Å²) < 4.78 is 11.5. The fraction of sp³-hybridized carbons (Fsp3) is 0.174. The quantitative estimate of drug-likeness (QED) is 0.478. The summed E-state index contributed by atoms with van der Waals surface area (Å²) in [5.41, 5.74) is 5.76. The zero-order valence-corrected chi connectivity index (χ0v) is 16.8. The Bertz CT molecular complexity index is 1060. The number of methoxy groups -OCH3 is 2. The average molecular weight is 390 g/mol. The first-order chi connectivity index (χ1) is 13.9. The molecule has 0 aliphatic rings. The first-order valence-electron chi connectivity index (χ1n) is 9.04. The van der Waals surface area contributed by atoms with Crippen LogP contribution in [0.5, 0.6) is 0 Å². The molecular formula is C23H22N2O4. The van der Waals surface area contributed by atoms with Crippen LogP contribution in [0.3, 0.4) is 0 Å². The Balaban J connectivity index is 1.85. The van der Waals surface area contributed by atoms with Crippen LogP contribution in [0.1, 0.15) is 37.7 Å². The summed E-state index contributed by atoms with van der Waals surface area (Å²) in [5.74, 6) is -0.731. The largest absolute Gasteiger partial charge is 0.465 e. The molecule has 6 nitrogen and oxygen atoms in total. The van der Waals surface area contributed by atoms with Crippen molar-refractivity contribution in [1.82, 2.24) is 4.57 Å². The van der Waals surface area contributed by atoms with Crippen LogP contribution in [0.2, 0.25) is 0 Å². The fourth-order valence-electron chi connectivity index (χ4n) is 3.13. The summed E-state index contributed by atoms with van der Waals surface area (Å²) in [4.78, 5) is 27.6. The van der Waals surface area contributed by atoms with E-state index in [0.29, 0.717) is 11.1 Å². The number of rotatable bonds is 5. The van der Waals surface area contributed by atoms with Gasteiger partial charge in [-0.25, -0.2) is 9.59 Å². The van der Waals surface area contributed by atoms with Crippen molar-refractivity contribution in [2.24, 2.45) is 4.99 Å². The number of hydrogen-bond donors (Lipinski definition) is 0. The van der Waals surface area contributed by atoms with Crippen LogP contribution in [-0.4, -0.2) is 36.9 Å². The maximum atomic E-state index is 11.6. The number of nitrogens with zero attached hydrogens (tertiary/aromatic N) is 2. The Morgan fingerprint density at radius 3 is 1.90 bits per heavy atom. The lowest BCUT2D eigenvalue weighted by Crippen LogP contribution is -2.03. The molecule has 6 heteroatoms. The molecule has 148 valence electrons. The standard InChI is InChI=1S/C23H22N2O4/c1-15-13-19(14-24-20-9-5-17(6-10-20)22(26)28-3)16(2)25(15)21-11-7-18(8-12-21)23(27)29-4/h5-14H,1-4H3. The Morgan fingerprint density at radius 2 is 1.38 bits per heavy atom. The summed E-state index contributed by atoms with van der Waals surface area (Å²) >= 11 is 0. The zero-order valence-electron chi connectivity index (χ0n) is 16.8. The van der Waals surface area contributed by atoms with Gasteiger partial charge < -0.3 is 14.0 Å². The van der Waals surface area contributed by atoms with E-state index in [0.717, 1.165) is 28.3 Å². The van der Waals surface area contributed by atoms with Gasteiger partial charge in [0, 0.05) is 28.9 Å². The minimum Gasteiger partial charge on any atom is -0.465 e. The first kappa shape index (κ1) is 20.1. The molecule has 0 unspecified atom stereocenters. The SMILES string of the molecule is COC(=O)c1ccc(N=Cc2cc(C)n(-c3ccc(C(=O)OC)cc3)c2C)cc1. The van der Waals surface area contributed by atoms with Gasteiger partial charge >= 0.3 is 11.9 Å². The molecule has 29 heavy (non-hydrogen) atoms. The van der Waals surface area contributed by atoms with Crippen LogP contribution < -0.4 is 0 Å². The molecule has 3 rings (SSSR count). The van der Waals surface area contributed by atoms with Gasteiger partial charge in [-0.2, -0.15) is 0 Å². The molecule has 0 aliphatic heterocycles. The van der Waals surface area contributed by atoms with Crippen LogP contribution in [0.4, 0.5) is 5.69 Å². The molecule has 0 saturated heterocycles. The van der Waals surface area contributed by atoms with Gasteiger partial charge in [-0.1, -0.05) is 0 Å². The molecule has 1 aromatic heterocycles. The van der Waals surface area contributed by atoms with Gasteiger partial charge in [-0.15, -0.1) is 0 Å². The van der Waals surface area contributed by atoms with E-state index >= 15 is 0 Å². The highest BCUT2D eigenvalue weighted by Gasteiger charge is 2.11. The summed E-state index contributed by atoms with van der Waals surface area (Å²) in [6.45, 7) is 4.03. The lowest BCUT2D eigenvalue weighted by molar-refractivity contribution is 0.0592. The third-order valence-electron chi connectivity index (χ3n) is 4.66. The highest BCUT2D eigenvalue weighted by molar-refractivity contribution is 5.90. The molecule has 3 aromatic rings. The molecule has 2 aromatic carbocycles. The Hall–Kier alpha value is -3.67. The third-order valence-corrected chi connectivity index (χ3v) is 4.66. The number of carbonyl (C=O) groups is 2. The topological polar surface area (TPSA) is 69.9 Å². The van der Waals surface area contributed by atoms with Crippen LogP contribution in [0.15, 0.2) is 59.6 Å². The monoisotopic (exact) mass is 390 g/mol. The van der Waals surface area contributed by atoms with Gasteiger partial charge in [0.25, 0.3) is 0 Å². The minimum absolute atomic E-state index is 0.358. The van der Waals surface area contributed by atoms with Crippen molar-refractivity contribution in [2.45, 2.75) is 13.8 Å². The summed E-state index contributed by atoms with van der Waals surface area (Å²) in [7, 11) is 2.72. The Kier molecular flexibility index (Phi) is 5.93. The minimum atomic E-state index is -0.373. The second kappa shape index (κ2) is 8.56. The summed E-state index contributed by atoms with van der Waals surface area (Å²) in [5, 5.41) is 0. The van der Waals surface area contributed by atoms with Gasteiger partial charge in [0.15, 0.2) is 0 Å². The van der Waals surface area contributed by atoms with Crippen LogP contribution in [-0.2, 0) is 9.47 Å². The predicted octanol–water partition coefficient (Wildman–Crippen LogP) is 4.42. The summed E-state index contributed by atoms with van der Waals surface area (Å²) in [6, 6.07) is 16.2. The average Bonchev–Trinajstić information content (AvgIpc) is 3.04. The second-order valence-corrected chi connectivity index (χ2v) is 6.50. The molecule has 0 N–H and O–H groups in total. The van der Waals surface area contributed by atoms with Crippen LogP contribution in [0, 0.1) is 13.8 Å². The first-order valence-corrected chi connectivity index (χ1v) is 9.04. The summed E-state index contributed by atoms with van der Waals surface area (Å²) in [6.07, 6.45) is 1.80. The number of carbonyl (C=O) groups excluding carboxylic acids is 2. The van der Waals surface area contributed by atoms with E-state index in [1.807, 2.05) is 26.0 Å².